The number of benzene rings is 2. The van der Waals surface area contributed by atoms with Gasteiger partial charge in [-0.25, -0.2) is 0 Å². The van der Waals surface area contributed by atoms with Crippen molar-refractivity contribution in [2.75, 3.05) is 52.5 Å². The fraction of sp³-hybridized carbons (Fsp3) is 0.556. The number of nitrogens with zero attached hydrogens (tertiary/aromatic N) is 2. The maximum Gasteiger partial charge on any atom is 0.119 e. The van der Waals surface area contributed by atoms with Crippen LogP contribution in [-0.4, -0.2) is 62.3 Å². The summed E-state index contributed by atoms with van der Waals surface area (Å²) < 4.78 is 11.9. The van der Waals surface area contributed by atoms with E-state index in [9.17, 15) is 0 Å². The fourth-order valence-corrected chi connectivity index (χ4v) is 3.77. The zero-order valence-electron chi connectivity index (χ0n) is 20.9. The topological polar surface area (TPSA) is 24.9 Å². The molecule has 0 unspecified atom stereocenters. The third-order valence-electron chi connectivity index (χ3n) is 6.29. The first-order valence-electron chi connectivity index (χ1n) is 11.9. The first kappa shape index (κ1) is 28.3. The van der Waals surface area contributed by atoms with Gasteiger partial charge in [-0.15, -0.1) is 12.4 Å². The molecule has 0 spiro atoms. The maximum absolute atomic E-state index is 5.94. The molecule has 0 N–H and O–H groups in total. The summed E-state index contributed by atoms with van der Waals surface area (Å²) in [6, 6.07) is 17.1. The Balaban J connectivity index is 0.00000512. The van der Waals surface area contributed by atoms with Crippen molar-refractivity contribution >= 4 is 12.4 Å². The molecular weight excluding hydrogens is 420 g/mol. The highest BCUT2D eigenvalue weighted by atomic mass is 35.5. The van der Waals surface area contributed by atoms with E-state index in [0.29, 0.717) is 0 Å². The van der Waals surface area contributed by atoms with Crippen LogP contribution in [0.5, 0.6) is 11.5 Å². The molecule has 0 amide bonds. The number of halogens is 1. The molecule has 0 aliphatic carbocycles. The Morgan fingerprint density at radius 2 is 0.906 bits per heavy atom. The fourth-order valence-electron chi connectivity index (χ4n) is 3.77. The molecule has 0 saturated carbocycles. The lowest BCUT2D eigenvalue weighted by molar-refractivity contribution is 0.222. The molecule has 32 heavy (non-hydrogen) atoms. The predicted molar refractivity (Wildman–Crippen MR) is 139 cm³/mol. The van der Waals surface area contributed by atoms with Crippen LogP contribution in [-0.2, 0) is 5.41 Å². The van der Waals surface area contributed by atoms with Crippen molar-refractivity contribution in [2.45, 2.75) is 47.0 Å². The van der Waals surface area contributed by atoms with E-state index in [0.717, 1.165) is 64.0 Å². The lowest BCUT2D eigenvalue weighted by Gasteiger charge is -2.26. The van der Waals surface area contributed by atoms with Gasteiger partial charge in [0.25, 0.3) is 0 Å². The summed E-state index contributed by atoms with van der Waals surface area (Å²) in [5.74, 6) is 1.87. The molecule has 0 aliphatic rings. The molecular formula is C27H43ClN2O2. The van der Waals surface area contributed by atoms with Crippen LogP contribution in [0.1, 0.15) is 52.7 Å². The number of hydrogen-bond donors (Lipinski definition) is 0. The van der Waals surface area contributed by atoms with E-state index in [1.54, 1.807) is 0 Å². The van der Waals surface area contributed by atoms with Crippen LogP contribution in [0.2, 0.25) is 0 Å². The van der Waals surface area contributed by atoms with Crippen molar-refractivity contribution in [3.63, 3.8) is 0 Å². The minimum atomic E-state index is -0.0838. The molecule has 2 rings (SSSR count). The van der Waals surface area contributed by atoms with Crippen LogP contribution < -0.4 is 9.47 Å². The van der Waals surface area contributed by atoms with Gasteiger partial charge < -0.3 is 19.3 Å². The average molecular weight is 463 g/mol. The van der Waals surface area contributed by atoms with E-state index >= 15 is 0 Å². The normalized spacial score (nSPS) is 11.5. The second kappa shape index (κ2) is 14.4. The maximum atomic E-state index is 5.94. The number of rotatable bonds is 14. The van der Waals surface area contributed by atoms with E-state index < -0.39 is 0 Å². The quantitative estimate of drug-likeness (QED) is 0.350. The Morgan fingerprint density at radius 3 is 1.19 bits per heavy atom. The molecule has 0 saturated heterocycles. The highest BCUT2D eigenvalue weighted by Gasteiger charge is 2.23. The Kier molecular flexibility index (Phi) is 12.7. The van der Waals surface area contributed by atoms with Gasteiger partial charge >= 0.3 is 0 Å². The second-order valence-electron chi connectivity index (χ2n) is 8.42. The Bertz CT molecular complexity index is 676. The van der Waals surface area contributed by atoms with E-state index in [4.69, 9.17) is 9.47 Å². The van der Waals surface area contributed by atoms with Crippen molar-refractivity contribution in [2.24, 2.45) is 0 Å². The molecule has 0 aromatic heterocycles. The minimum Gasteiger partial charge on any atom is -0.492 e. The standard InChI is InChI=1S/C27H42N2O2.ClH/c1-7-28(8-2)19-21-30-25-15-11-23(12-16-25)27(5,6)24-13-17-26(18-14-24)31-22-20-29(9-3)10-4;/h11-18H,7-10,19-22H2,1-6H3;1H. The van der Waals surface area contributed by atoms with Crippen LogP contribution in [0.25, 0.3) is 0 Å². The third-order valence-corrected chi connectivity index (χ3v) is 6.29. The van der Waals surface area contributed by atoms with Crippen LogP contribution in [0.3, 0.4) is 0 Å². The first-order valence-corrected chi connectivity index (χ1v) is 11.9. The van der Waals surface area contributed by atoms with Crippen molar-refractivity contribution < 1.29 is 9.47 Å². The largest absolute Gasteiger partial charge is 0.492 e. The van der Waals surface area contributed by atoms with Crippen molar-refractivity contribution in [1.29, 1.82) is 0 Å². The number of hydrogen-bond acceptors (Lipinski definition) is 4. The van der Waals surface area contributed by atoms with Gasteiger partial charge in [0.05, 0.1) is 0 Å². The number of likely N-dealkylation sites (N-methyl/N-ethyl adjacent to an activating group) is 2. The van der Waals surface area contributed by atoms with Gasteiger partial charge in [-0.3, -0.25) is 0 Å². The molecule has 0 fully saturated rings. The number of ether oxygens (including phenoxy) is 2. The summed E-state index contributed by atoms with van der Waals surface area (Å²) in [7, 11) is 0. The summed E-state index contributed by atoms with van der Waals surface area (Å²) >= 11 is 0. The highest BCUT2D eigenvalue weighted by Crippen LogP contribution is 2.33. The van der Waals surface area contributed by atoms with Gasteiger partial charge in [0.15, 0.2) is 0 Å². The zero-order chi connectivity index (χ0) is 22.7. The van der Waals surface area contributed by atoms with E-state index in [1.165, 1.54) is 11.1 Å². The molecule has 0 radical (unpaired) electrons. The van der Waals surface area contributed by atoms with Gasteiger partial charge in [0.1, 0.15) is 24.7 Å². The SMILES string of the molecule is CCN(CC)CCOc1ccc(C(C)(C)c2ccc(OCCN(CC)CC)cc2)cc1.Cl. The lowest BCUT2D eigenvalue weighted by Crippen LogP contribution is -2.28. The molecule has 0 bridgehead atoms. The van der Waals surface area contributed by atoms with Gasteiger partial charge in [-0.1, -0.05) is 65.8 Å². The minimum absolute atomic E-state index is 0. The van der Waals surface area contributed by atoms with E-state index in [-0.39, 0.29) is 17.8 Å². The van der Waals surface area contributed by atoms with Crippen LogP contribution in [0, 0.1) is 0 Å². The van der Waals surface area contributed by atoms with E-state index in [1.807, 2.05) is 0 Å². The molecule has 0 heterocycles. The molecule has 5 heteroatoms. The molecule has 0 aliphatic heterocycles. The molecule has 0 atom stereocenters. The summed E-state index contributed by atoms with van der Waals surface area (Å²) in [5, 5.41) is 0. The van der Waals surface area contributed by atoms with Crippen molar-refractivity contribution in [1.82, 2.24) is 9.80 Å². The summed E-state index contributed by atoms with van der Waals surface area (Å²) in [6.07, 6.45) is 0. The van der Waals surface area contributed by atoms with Gasteiger partial charge in [0, 0.05) is 18.5 Å². The molecule has 2 aromatic rings. The van der Waals surface area contributed by atoms with Crippen molar-refractivity contribution in [3.05, 3.63) is 59.7 Å². The molecule has 180 valence electrons. The van der Waals surface area contributed by atoms with Crippen LogP contribution in [0.15, 0.2) is 48.5 Å². The lowest BCUT2D eigenvalue weighted by atomic mass is 9.78. The van der Waals surface area contributed by atoms with Crippen LogP contribution in [0.4, 0.5) is 0 Å². The van der Waals surface area contributed by atoms with Gasteiger partial charge in [-0.2, -0.15) is 0 Å². The predicted octanol–water partition coefficient (Wildman–Crippen LogP) is 5.88. The summed E-state index contributed by atoms with van der Waals surface area (Å²) in [5.41, 5.74) is 2.47. The highest BCUT2D eigenvalue weighted by molar-refractivity contribution is 5.85. The van der Waals surface area contributed by atoms with E-state index in [2.05, 4.69) is 99.9 Å². The average Bonchev–Trinajstić information content (AvgIpc) is 2.80. The smallest absolute Gasteiger partial charge is 0.119 e. The monoisotopic (exact) mass is 462 g/mol. The zero-order valence-corrected chi connectivity index (χ0v) is 21.7. The van der Waals surface area contributed by atoms with Gasteiger partial charge in [-0.05, 0) is 61.6 Å². The Morgan fingerprint density at radius 1 is 0.594 bits per heavy atom. The molecule has 2 aromatic carbocycles. The van der Waals surface area contributed by atoms with Crippen molar-refractivity contribution in [3.8, 4) is 11.5 Å². The first-order chi connectivity index (χ1) is 14.9. The van der Waals surface area contributed by atoms with Gasteiger partial charge in [0.2, 0.25) is 0 Å². The third kappa shape index (κ3) is 8.31. The summed E-state index contributed by atoms with van der Waals surface area (Å²) in [6.45, 7) is 20.9. The molecule has 4 nitrogen and oxygen atoms in total. The second-order valence-corrected chi connectivity index (χ2v) is 8.42. The summed E-state index contributed by atoms with van der Waals surface area (Å²) in [4.78, 5) is 4.74. The Hall–Kier alpha value is -1.75. The Labute approximate surface area is 202 Å². The van der Waals surface area contributed by atoms with Crippen LogP contribution >= 0.6 is 12.4 Å².